The molecule has 0 unspecified atom stereocenters. The molecule has 0 radical (unpaired) electrons. The van der Waals surface area contributed by atoms with Gasteiger partial charge in [0, 0.05) is 11.6 Å². The van der Waals surface area contributed by atoms with Crippen molar-refractivity contribution in [3.05, 3.63) is 40.9 Å². The van der Waals surface area contributed by atoms with E-state index in [4.69, 9.17) is 14.4 Å². The Kier molecular flexibility index (Phi) is 4.17. The normalized spacial score (nSPS) is 9.80. The number of aromatic nitrogens is 2. The summed E-state index contributed by atoms with van der Waals surface area (Å²) in [4.78, 5) is 31.3. The molecule has 0 aliphatic rings. The van der Waals surface area contributed by atoms with Crippen LogP contribution in [0.15, 0.2) is 35.3 Å². The number of rotatable bonds is 0. The van der Waals surface area contributed by atoms with Crippen molar-refractivity contribution in [2.45, 2.75) is 0 Å². The van der Waals surface area contributed by atoms with E-state index in [1.54, 1.807) is 6.20 Å². The predicted octanol–water partition coefficient (Wildman–Crippen LogP) is 0.284. The number of fused-ring (bicyclic) bond motifs is 1. The molecule has 0 amide bonds. The highest BCUT2D eigenvalue weighted by molar-refractivity contribution is 7.30. The number of H-pyrrole nitrogens is 1. The topological polar surface area (TPSA) is 103 Å². The van der Waals surface area contributed by atoms with Crippen LogP contribution in [0.1, 0.15) is 0 Å². The summed E-state index contributed by atoms with van der Waals surface area (Å²) in [6, 6.07) is 7.53. The first kappa shape index (κ1) is 11.6. The number of nitrogens with zero attached hydrogens (tertiary/aromatic N) is 1. The van der Waals surface area contributed by atoms with E-state index in [1.165, 1.54) is 0 Å². The Labute approximate surface area is 85.2 Å². The molecule has 1 heterocycles. The summed E-state index contributed by atoms with van der Waals surface area (Å²) in [5.74, 6) is 0. The standard InChI is InChI=1S/C8H6N2O.H3O3P/c11-8-9-5-6-3-1-2-4-7(6)10-8;1-4(2)3/h1-5H,(H,9,10,11);4H,(H2,1,2,3). The van der Waals surface area contributed by atoms with Crippen LogP contribution in [0.2, 0.25) is 0 Å². The van der Waals surface area contributed by atoms with E-state index in [1.807, 2.05) is 24.3 Å². The highest BCUT2D eigenvalue weighted by Gasteiger charge is 1.90. The molecule has 0 fully saturated rings. The molecule has 15 heavy (non-hydrogen) atoms. The van der Waals surface area contributed by atoms with E-state index >= 15 is 0 Å². The lowest BCUT2D eigenvalue weighted by Crippen LogP contribution is -2.07. The maximum absolute atomic E-state index is 10.7. The molecule has 0 spiro atoms. The molecule has 7 heteroatoms. The maximum Gasteiger partial charge on any atom is 0.345 e. The van der Waals surface area contributed by atoms with Crippen molar-refractivity contribution in [2.75, 3.05) is 0 Å². The SMILES string of the molecule is O=[PH](O)O.O=c1ncc2ccccc2[nH]1. The van der Waals surface area contributed by atoms with Gasteiger partial charge in [-0.3, -0.25) is 4.57 Å². The van der Waals surface area contributed by atoms with Gasteiger partial charge in [-0.15, -0.1) is 0 Å². The highest BCUT2D eigenvalue weighted by Crippen LogP contribution is 2.05. The lowest BCUT2D eigenvalue weighted by molar-refractivity contribution is 0.405. The quantitative estimate of drug-likeness (QED) is 0.562. The first-order valence-electron chi connectivity index (χ1n) is 3.95. The number of para-hydroxylation sites is 1. The minimum atomic E-state index is -3.13. The van der Waals surface area contributed by atoms with Gasteiger partial charge >= 0.3 is 13.9 Å². The van der Waals surface area contributed by atoms with Gasteiger partial charge in [0.25, 0.3) is 0 Å². The van der Waals surface area contributed by atoms with Crippen molar-refractivity contribution in [3.63, 3.8) is 0 Å². The molecular weight excluding hydrogens is 219 g/mol. The van der Waals surface area contributed by atoms with Crippen molar-refractivity contribution in [3.8, 4) is 0 Å². The van der Waals surface area contributed by atoms with E-state index in [0.717, 1.165) is 10.9 Å². The molecule has 0 bridgehead atoms. The van der Waals surface area contributed by atoms with Gasteiger partial charge < -0.3 is 14.8 Å². The third kappa shape index (κ3) is 4.03. The second-order valence-electron chi connectivity index (χ2n) is 2.56. The third-order valence-electron chi connectivity index (χ3n) is 1.52. The Hall–Kier alpha value is -1.49. The average molecular weight is 228 g/mol. The largest absolute Gasteiger partial charge is 0.345 e. The van der Waals surface area contributed by atoms with Crippen LogP contribution in [0.4, 0.5) is 0 Å². The van der Waals surface area contributed by atoms with Crippen molar-refractivity contribution in [2.24, 2.45) is 0 Å². The van der Waals surface area contributed by atoms with E-state index < -0.39 is 8.25 Å². The summed E-state index contributed by atoms with van der Waals surface area (Å²) >= 11 is 0. The molecule has 1 aromatic heterocycles. The van der Waals surface area contributed by atoms with Crippen LogP contribution in [-0.4, -0.2) is 19.8 Å². The zero-order valence-electron chi connectivity index (χ0n) is 7.54. The fourth-order valence-corrected chi connectivity index (χ4v) is 0.999. The summed E-state index contributed by atoms with van der Waals surface area (Å²) in [6.45, 7) is 0. The maximum atomic E-state index is 10.7. The number of aromatic amines is 1. The monoisotopic (exact) mass is 228 g/mol. The molecule has 1 aromatic carbocycles. The van der Waals surface area contributed by atoms with Crippen LogP contribution in [0.5, 0.6) is 0 Å². The van der Waals surface area contributed by atoms with E-state index in [9.17, 15) is 4.79 Å². The molecule has 80 valence electrons. The van der Waals surface area contributed by atoms with Gasteiger partial charge in [-0.05, 0) is 6.07 Å². The average Bonchev–Trinajstić information content (AvgIpc) is 2.16. The minimum absolute atomic E-state index is 0.302. The number of hydrogen-bond donors (Lipinski definition) is 3. The van der Waals surface area contributed by atoms with Gasteiger partial charge in [-0.2, -0.15) is 0 Å². The van der Waals surface area contributed by atoms with Crippen molar-refractivity contribution in [1.29, 1.82) is 0 Å². The van der Waals surface area contributed by atoms with Crippen LogP contribution < -0.4 is 5.69 Å². The summed E-state index contributed by atoms with van der Waals surface area (Å²) in [5, 5.41) is 0.951. The number of nitrogens with one attached hydrogen (secondary N) is 1. The van der Waals surface area contributed by atoms with Crippen molar-refractivity contribution in [1.82, 2.24) is 9.97 Å². The summed E-state index contributed by atoms with van der Waals surface area (Å²) < 4.78 is 8.74. The zero-order chi connectivity index (χ0) is 11.3. The lowest BCUT2D eigenvalue weighted by atomic mass is 10.2. The van der Waals surface area contributed by atoms with Crippen LogP contribution >= 0.6 is 8.25 Å². The second kappa shape index (κ2) is 5.41. The first-order valence-corrected chi connectivity index (χ1v) is 5.26. The van der Waals surface area contributed by atoms with Crippen molar-refractivity contribution >= 4 is 19.2 Å². The van der Waals surface area contributed by atoms with Gasteiger partial charge in [0.05, 0.1) is 5.52 Å². The molecule has 2 rings (SSSR count). The van der Waals surface area contributed by atoms with Gasteiger partial charge in [0.1, 0.15) is 0 Å². The first-order chi connectivity index (χ1) is 7.09. The molecule has 0 saturated heterocycles. The van der Waals surface area contributed by atoms with Gasteiger partial charge in [-0.1, -0.05) is 18.2 Å². The summed E-state index contributed by atoms with van der Waals surface area (Å²) in [5.41, 5.74) is 0.524. The molecular formula is C8H9N2O4P. The third-order valence-corrected chi connectivity index (χ3v) is 1.52. The van der Waals surface area contributed by atoms with Gasteiger partial charge in [0.15, 0.2) is 0 Å². The Balaban J connectivity index is 0.000000245. The molecule has 2 aromatic rings. The summed E-state index contributed by atoms with van der Waals surface area (Å²) in [7, 11) is -3.13. The van der Waals surface area contributed by atoms with Gasteiger partial charge in [-0.25, -0.2) is 9.78 Å². The smallest absolute Gasteiger partial charge is 0.326 e. The fraction of sp³-hybridized carbons (Fsp3) is 0. The van der Waals surface area contributed by atoms with Gasteiger partial charge in [0.2, 0.25) is 0 Å². The predicted molar refractivity (Wildman–Crippen MR) is 55.8 cm³/mol. The molecule has 3 N–H and O–H groups in total. The second-order valence-corrected chi connectivity index (χ2v) is 3.12. The fourth-order valence-electron chi connectivity index (χ4n) is 0.999. The van der Waals surface area contributed by atoms with E-state index in [-0.39, 0.29) is 5.69 Å². The molecule has 6 nitrogen and oxygen atoms in total. The van der Waals surface area contributed by atoms with Crippen molar-refractivity contribution < 1.29 is 14.4 Å². The molecule has 0 saturated carbocycles. The summed E-state index contributed by atoms with van der Waals surface area (Å²) in [6.07, 6.45) is 1.56. The minimum Gasteiger partial charge on any atom is -0.326 e. The Morgan fingerprint density at radius 2 is 1.87 bits per heavy atom. The Morgan fingerprint density at radius 3 is 2.53 bits per heavy atom. The molecule has 0 atom stereocenters. The highest BCUT2D eigenvalue weighted by atomic mass is 31.1. The molecule has 0 aliphatic carbocycles. The number of hydrogen-bond acceptors (Lipinski definition) is 3. The molecule has 0 aliphatic heterocycles. The van der Waals surface area contributed by atoms with Crippen LogP contribution in [0, 0.1) is 0 Å². The van der Waals surface area contributed by atoms with Crippen LogP contribution in [0.3, 0.4) is 0 Å². The van der Waals surface area contributed by atoms with Crippen LogP contribution in [0.25, 0.3) is 10.9 Å². The Bertz CT molecular complexity index is 521. The number of benzene rings is 1. The van der Waals surface area contributed by atoms with E-state index in [0.29, 0.717) is 0 Å². The lowest BCUT2D eigenvalue weighted by Gasteiger charge is -1.92. The van der Waals surface area contributed by atoms with Crippen LogP contribution in [-0.2, 0) is 4.57 Å². The van der Waals surface area contributed by atoms with E-state index in [2.05, 4.69) is 9.97 Å². The Morgan fingerprint density at radius 1 is 1.27 bits per heavy atom. The zero-order valence-corrected chi connectivity index (χ0v) is 8.54.